The van der Waals surface area contributed by atoms with E-state index in [1.165, 1.54) is 6.07 Å². The molecule has 2 nitrogen and oxygen atoms in total. The number of nitrogens with zero attached hydrogens (tertiary/aromatic N) is 1. The zero-order chi connectivity index (χ0) is 15.2. The van der Waals surface area contributed by atoms with Crippen LogP contribution in [0.2, 0.25) is 0 Å². The highest BCUT2D eigenvalue weighted by Gasteiger charge is 2.08. The Balaban J connectivity index is 1.83. The van der Waals surface area contributed by atoms with Gasteiger partial charge in [0, 0.05) is 17.1 Å². The van der Waals surface area contributed by atoms with Crippen molar-refractivity contribution in [2.75, 3.05) is 13.6 Å². The quantitative estimate of drug-likeness (QED) is 0.849. The molecule has 0 spiro atoms. The minimum absolute atomic E-state index is 0.0214. The lowest BCUT2D eigenvalue weighted by atomic mass is 10.0. The summed E-state index contributed by atoms with van der Waals surface area (Å²) in [5.74, 6) is -0.188. The number of nitrogens with two attached hydrogens (primary N) is 1. The summed E-state index contributed by atoms with van der Waals surface area (Å²) >= 11 is 3.42. The Bertz CT molecular complexity index is 571. The minimum atomic E-state index is -0.188. The van der Waals surface area contributed by atoms with Gasteiger partial charge in [-0.3, -0.25) is 0 Å². The van der Waals surface area contributed by atoms with E-state index in [9.17, 15) is 4.39 Å². The van der Waals surface area contributed by atoms with Crippen molar-refractivity contribution in [3.8, 4) is 0 Å². The average Bonchev–Trinajstić information content (AvgIpc) is 2.45. The standard InChI is InChI=1S/C17H20BrFN2/c1-21(12-13-3-2-4-16(19)11-13)10-9-17(20)14-5-7-15(18)8-6-14/h2-8,11,17H,9-10,12,20H2,1H3. The van der Waals surface area contributed by atoms with Crippen LogP contribution in [0, 0.1) is 5.82 Å². The first-order valence-electron chi connectivity index (χ1n) is 6.98. The highest BCUT2D eigenvalue weighted by atomic mass is 79.9. The van der Waals surface area contributed by atoms with Crippen LogP contribution in [0.3, 0.4) is 0 Å². The first-order chi connectivity index (χ1) is 10.0. The highest BCUT2D eigenvalue weighted by molar-refractivity contribution is 9.10. The minimum Gasteiger partial charge on any atom is -0.324 e. The number of rotatable bonds is 6. The fourth-order valence-electron chi connectivity index (χ4n) is 2.26. The van der Waals surface area contributed by atoms with E-state index in [1.54, 1.807) is 12.1 Å². The van der Waals surface area contributed by atoms with E-state index in [4.69, 9.17) is 5.73 Å². The summed E-state index contributed by atoms with van der Waals surface area (Å²) < 4.78 is 14.2. The van der Waals surface area contributed by atoms with Crippen LogP contribution in [0.15, 0.2) is 53.0 Å². The van der Waals surface area contributed by atoms with Gasteiger partial charge in [0.25, 0.3) is 0 Å². The van der Waals surface area contributed by atoms with Crippen LogP contribution < -0.4 is 5.73 Å². The van der Waals surface area contributed by atoms with Gasteiger partial charge in [-0.05, 0) is 55.4 Å². The molecule has 0 aromatic heterocycles. The molecule has 2 rings (SSSR count). The Hall–Kier alpha value is -1.23. The van der Waals surface area contributed by atoms with Gasteiger partial charge in [0.1, 0.15) is 5.82 Å². The third-order valence-electron chi connectivity index (χ3n) is 3.46. The van der Waals surface area contributed by atoms with Gasteiger partial charge in [0.2, 0.25) is 0 Å². The maximum atomic E-state index is 13.1. The van der Waals surface area contributed by atoms with Crippen LogP contribution in [-0.2, 0) is 6.54 Å². The maximum Gasteiger partial charge on any atom is 0.123 e. The molecule has 0 heterocycles. The van der Waals surface area contributed by atoms with Crippen LogP contribution in [0.1, 0.15) is 23.6 Å². The summed E-state index contributed by atoms with van der Waals surface area (Å²) in [5.41, 5.74) is 8.33. The zero-order valence-corrected chi connectivity index (χ0v) is 13.7. The van der Waals surface area contributed by atoms with Crippen molar-refractivity contribution >= 4 is 15.9 Å². The fraction of sp³-hybridized carbons (Fsp3) is 0.294. The van der Waals surface area contributed by atoms with E-state index in [2.05, 4.69) is 20.8 Å². The summed E-state index contributed by atoms with van der Waals surface area (Å²) in [5, 5.41) is 0. The molecule has 2 aromatic carbocycles. The molecule has 0 bridgehead atoms. The van der Waals surface area contributed by atoms with Crippen LogP contribution in [0.25, 0.3) is 0 Å². The van der Waals surface area contributed by atoms with Gasteiger partial charge in [-0.1, -0.05) is 40.2 Å². The second-order valence-electron chi connectivity index (χ2n) is 5.31. The second kappa shape index (κ2) is 7.69. The highest BCUT2D eigenvalue weighted by Crippen LogP contribution is 2.18. The Labute approximate surface area is 133 Å². The van der Waals surface area contributed by atoms with Crippen LogP contribution in [0.5, 0.6) is 0 Å². The van der Waals surface area contributed by atoms with Gasteiger partial charge in [0.05, 0.1) is 0 Å². The van der Waals surface area contributed by atoms with Gasteiger partial charge in [-0.15, -0.1) is 0 Å². The monoisotopic (exact) mass is 350 g/mol. The molecule has 1 unspecified atom stereocenters. The van der Waals surface area contributed by atoms with Gasteiger partial charge in [-0.25, -0.2) is 4.39 Å². The SMILES string of the molecule is CN(CCC(N)c1ccc(Br)cc1)Cc1cccc(F)c1. The van der Waals surface area contributed by atoms with Crippen molar-refractivity contribution in [1.29, 1.82) is 0 Å². The summed E-state index contributed by atoms with van der Waals surface area (Å²) in [6.07, 6.45) is 0.869. The molecule has 21 heavy (non-hydrogen) atoms. The average molecular weight is 351 g/mol. The van der Waals surface area contributed by atoms with Gasteiger partial charge < -0.3 is 10.6 Å². The van der Waals surface area contributed by atoms with Crippen molar-refractivity contribution in [1.82, 2.24) is 4.90 Å². The number of halogens is 2. The van der Waals surface area contributed by atoms with E-state index < -0.39 is 0 Å². The van der Waals surface area contributed by atoms with Crippen molar-refractivity contribution in [3.05, 3.63) is 69.9 Å². The largest absolute Gasteiger partial charge is 0.324 e. The summed E-state index contributed by atoms with van der Waals surface area (Å²) in [6.45, 7) is 1.60. The molecule has 0 saturated heterocycles. The van der Waals surface area contributed by atoms with Crippen LogP contribution in [-0.4, -0.2) is 18.5 Å². The maximum absolute atomic E-state index is 13.1. The van der Waals surface area contributed by atoms with E-state index in [0.29, 0.717) is 0 Å². The Morgan fingerprint density at radius 3 is 2.57 bits per heavy atom. The van der Waals surface area contributed by atoms with E-state index in [0.717, 1.165) is 35.1 Å². The molecule has 2 aromatic rings. The molecule has 112 valence electrons. The molecular formula is C17H20BrFN2. The lowest BCUT2D eigenvalue weighted by Crippen LogP contribution is -2.23. The van der Waals surface area contributed by atoms with E-state index in [-0.39, 0.29) is 11.9 Å². The molecule has 0 saturated carbocycles. The number of benzene rings is 2. The zero-order valence-electron chi connectivity index (χ0n) is 12.1. The lowest BCUT2D eigenvalue weighted by molar-refractivity contribution is 0.311. The molecule has 0 radical (unpaired) electrons. The predicted octanol–water partition coefficient (Wildman–Crippen LogP) is 4.11. The number of hydrogen-bond donors (Lipinski definition) is 1. The third-order valence-corrected chi connectivity index (χ3v) is 3.99. The van der Waals surface area contributed by atoms with E-state index >= 15 is 0 Å². The van der Waals surface area contributed by atoms with Crippen molar-refractivity contribution in [3.63, 3.8) is 0 Å². The molecule has 1 atom stereocenters. The summed E-state index contributed by atoms with van der Waals surface area (Å²) in [7, 11) is 2.03. The van der Waals surface area contributed by atoms with Gasteiger partial charge in [-0.2, -0.15) is 0 Å². The van der Waals surface area contributed by atoms with Crippen LogP contribution >= 0.6 is 15.9 Å². The predicted molar refractivity (Wildman–Crippen MR) is 88.4 cm³/mol. The Kier molecular flexibility index (Phi) is 5.91. The lowest BCUT2D eigenvalue weighted by Gasteiger charge is -2.19. The Morgan fingerprint density at radius 2 is 1.90 bits per heavy atom. The first kappa shape index (κ1) is 16.1. The first-order valence-corrected chi connectivity index (χ1v) is 7.78. The molecule has 0 fully saturated rings. The molecule has 2 N–H and O–H groups in total. The third kappa shape index (κ3) is 5.23. The summed E-state index contributed by atoms with van der Waals surface area (Å²) in [6, 6.07) is 14.8. The smallest absolute Gasteiger partial charge is 0.123 e. The van der Waals surface area contributed by atoms with Gasteiger partial charge >= 0.3 is 0 Å². The Morgan fingerprint density at radius 1 is 1.19 bits per heavy atom. The van der Waals surface area contributed by atoms with Crippen molar-refractivity contribution < 1.29 is 4.39 Å². The summed E-state index contributed by atoms with van der Waals surface area (Å²) in [4.78, 5) is 2.16. The molecule has 0 aliphatic rings. The second-order valence-corrected chi connectivity index (χ2v) is 6.23. The van der Waals surface area contributed by atoms with E-state index in [1.807, 2.05) is 37.4 Å². The van der Waals surface area contributed by atoms with Crippen molar-refractivity contribution in [2.45, 2.75) is 19.0 Å². The molecular weight excluding hydrogens is 331 g/mol. The topological polar surface area (TPSA) is 29.3 Å². The molecule has 0 aliphatic heterocycles. The fourth-order valence-corrected chi connectivity index (χ4v) is 2.53. The number of hydrogen-bond acceptors (Lipinski definition) is 2. The van der Waals surface area contributed by atoms with Gasteiger partial charge in [0.15, 0.2) is 0 Å². The molecule has 0 amide bonds. The van der Waals surface area contributed by atoms with Crippen LogP contribution in [0.4, 0.5) is 4.39 Å². The molecule has 0 aliphatic carbocycles. The molecule has 4 heteroatoms. The van der Waals surface area contributed by atoms with Crippen molar-refractivity contribution in [2.24, 2.45) is 5.73 Å². The normalized spacial score (nSPS) is 12.6.